The van der Waals surface area contributed by atoms with Gasteiger partial charge in [-0.15, -0.1) is 0 Å². The summed E-state index contributed by atoms with van der Waals surface area (Å²) in [5.74, 6) is -0.0450. The standard InChI is InChI=1S/C15H18N2O2/c1-3-8-16-9-10-17(15(16)19)11-14(18)13-6-4-12(2)5-7-13/h4-7,9-10H,3,8,11H2,1-2H3. The molecular formula is C15H18N2O2. The molecular weight excluding hydrogens is 240 g/mol. The molecule has 0 aliphatic carbocycles. The molecule has 1 aromatic heterocycles. The smallest absolute Gasteiger partial charge is 0.299 e. The number of rotatable bonds is 5. The zero-order valence-electron chi connectivity index (χ0n) is 11.3. The third kappa shape index (κ3) is 3.02. The van der Waals surface area contributed by atoms with E-state index >= 15 is 0 Å². The van der Waals surface area contributed by atoms with E-state index in [0.29, 0.717) is 12.1 Å². The van der Waals surface area contributed by atoms with Gasteiger partial charge in [0, 0.05) is 24.5 Å². The maximum Gasteiger partial charge on any atom is 0.328 e. The quantitative estimate of drug-likeness (QED) is 0.772. The summed E-state index contributed by atoms with van der Waals surface area (Å²) >= 11 is 0. The Hall–Kier alpha value is -2.10. The number of imidazole rings is 1. The van der Waals surface area contributed by atoms with Gasteiger partial charge < -0.3 is 0 Å². The van der Waals surface area contributed by atoms with Crippen LogP contribution in [0.1, 0.15) is 29.3 Å². The first-order chi connectivity index (χ1) is 9.11. The molecule has 4 heteroatoms. The fraction of sp³-hybridized carbons (Fsp3) is 0.333. The number of ketones is 1. The van der Waals surface area contributed by atoms with Crippen LogP contribution in [0.5, 0.6) is 0 Å². The number of aryl methyl sites for hydroxylation is 2. The van der Waals surface area contributed by atoms with E-state index in [2.05, 4.69) is 0 Å². The lowest BCUT2D eigenvalue weighted by molar-refractivity contribution is 0.0970. The Morgan fingerprint density at radius 3 is 2.37 bits per heavy atom. The van der Waals surface area contributed by atoms with Crippen LogP contribution in [0.3, 0.4) is 0 Å². The summed E-state index contributed by atoms with van der Waals surface area (Å²) in [6.07, 6.45) is 4.30. The molecule has 19 heavy (non-hydrogen) atoms. The van der Waals surface area contributed by atoms with Crippen LogP contribution in [0, 0.1) is 6.92 Å². The van der Waals surface area contributed by atoms with Gasteiger partial charge in [-0.25, -0.2) is 4.79 Å². The average molecular weight is 258 g/mol. The largest absolute Gasteiger partial charge is 0.328 e. The Bertz CT molecular complexity index is 620. The van der Waals surface area contributed by atoms with Crippen molar-refractivity contribution in [2.75, 3.05) is 0 Å². The van der Waals surface area contributed by atoms with Gasteiger partial charge in [0.05, 0.1) is 6.54 Å². The van der Waals surface area contributed by atoms with Crippen molar-refractivity contribution in [3.63, 3.8) is 0 Å². The summed E-state index contributed by atoms with van der Waals surface area (Å²) in [5.41, 5.74) is 1.63. The topological polar surface area (TPSA) is 44.0 Å². The maximum absolute atomic E-state index is 12.1. The van der Waals surface area contributed by atoms with Crippen LogP contribution in [0.25, 0.3) is 0 Å². The Morgan fingerprint density at radius 2 is 1.74 bits per heavy atom. The van der Waals surface area contributed by atoms with Crippen molar-refractivity contribution in [3.05, 3.63) is 58.3 Å². The Morgan fingerprint density at radius 1 is 1.11 bits per heavy atom. The SMILES string of the molecule is CCCn1ccn(CC(=O)c2ccc(C)cc2)c1=O. The second-order valence-electron chi connectivity index (χ2n) is 4.69. The second kappa shape index (κ2) is 5.69. The number of aromatic nitrogens is 2. The lowest BCUT2D eigenvalue weighted by Crippen LogP contribution is -2.26. The maximum atomic E-state index is 12.1. The molecule has 0 aliphatic rings. The monoisotopic (exact) mass is 258 g/mol. The van der Waals surface area contributed by atoms with E-state index in [1.807, 2.05) is 26.0 Å². The summed E-state index contributed by atoms with van der Waals surface area (Å²) in [6, 6.07) is 7.40. The molecule has 0 bridgehead atoms. The van der Waals surface area contributed by atoms with E-state index in [-0.39, 0.29) is 18.0 Å². The minimum atomic E-state index is -0.123. The molecule has 1 heterocycles. The van der Waals surface area contributed by atoms with Gasteiger partial charge in [-0.1, -0.05) is 36.8 Å². The van der Waals surface area contributed by atoms with E-state index in [0.717, 1.165) is 12.0 Å². The number of hydrogen-bond acceptors (Lipinski definition) is 2. The molecule has 0 radical (unpaired) electrons. The molecule has 0 saturated heterocycles. The lowest BCUT2D eigenvalue weighted by atomic mass is 10.1. The van der Waals surface area contributed by atoms with Crippen LogP contribution in [0.15, 0.2) is 41.5 Å². The molecule has 0 fully saturated rings. The molecule has 0 aliphatic heterocycles. The molecule has 0 saturated carbocycles. The van der Waals surface area contributed by atoms with Crippen LogP contribution >= 0.6 is 0 Å². The van der Waals surface area contributed by atoms with E-state index in [1.54, 1.807) is 29.1 Å². The summed E-state index contributed by atoms with van der Waals surface area (Å²) < 4.78 is 3.08. The fourth-order valence-corrected chi connectivity index (χ4v) is 1.97. The van der Waals surface area contributed by atoms with Gasteiger partial charge in [0.1, 0.15) is 0 Å². The molecule has 1 aromatic carbocycles. The van der Waals surface area contributed by atoms with Crippen molar-refractivity contribution in [1.29, 1.82) is 0 Å². The third-order valence-electron chi connectivity index (χ3n) is 3.07. The van der Waals surface area contributed by atoms with E-state index in [1.165, 1.54) is 4.57 Å². The normalized spacial score (nSPS) is 10.6. The highest BCUT2D eigenvalue weighted by molar-refractivity contribution is 5.95. The van der Waals surface area contributed by atoms with Crippen LogP contribution in [0.4, 0.5) is 0 Å². The second-order valence-corrected chi connectivity index (χ2v) is 4.69. The van der Waals surface area contributed by atoms with Crippen molar-refractivity contribution in [3.8, 4) is 0 Å². The van der Waals surface area contributed by atoms with Gasteiger partial charge in [-0.05, 0) is 13.3 Å². The minimum Gasteiger partial charge on any atom is -0.299 e. The molecule has 0 spiro atoms. The number of nitrogens with zero attached hydrogens (tertiary/aromatic N) is 2. The Labute approximate surface area is 112 Å². The van der Waals surface area contributed by atoms with Crippen molar-refractivity contribution in [2.45, 2.75) is 33.4 Å². The van der Waals surface area contributed by atoms with Gasteiger partial charge >= 0.3 is 5.69 Å². The molecule has 0 unspecified atom stereocenters. The number of hydrogen-bond donors (Lipinski definition) is 0. The first-order valence-electron chi connectivity index (χ1n) is 6.47. The molecule has 100 valence electrons. The van der Waals surface area contributed by atoms with Crippen LogP contribution in [-0.4, -0.2) is 14.9 Å². The van der Waals surface area contributed by atoms with Gasteiger partial charge in [0.25, 0.3) is 0 Å². The fourth-order valence-electron chi connectivity index (χ4n) is 1.97. The number of carbonyl (C=O) groups is 1. The van der Waals surface area contributed by atoms with Crippen molar-refractivity contribution < 1.29 is 4.79 Å². The highest BCUT2D eigenvalue weighted by Crippen LogP contribution is 2.05. The predicted octanol–water partition coefficient (Wildman–Crippen LogP) is 2.25. The van der Waals surface area contributed by atoms with Gasteiger partial charge in [-0.2, -0.15) is 0 Å². The highest BCUT2D eigenvalue weighted by Gasteiger charge is 2.09. The third-order valence-corrected chi connectivity index (χ3v) is 3.07. The first-order valence-corrected chi connectivity index (χ1v) is 6.47. The molecule has 2 aromatic rings. The number of benzene rings is 1. The molecule has 2 rings (SSSR count). The van der Waals surface area contributed by atoms with Gasteiger partial charge in [-0.3, -0.25) is 13.9 Å². The van der Waals surface area contributed by atoms with Crippen LogP contribution in [0.2, 0.25) is 0 Å². The van der Waals surface area contributed by atoms with E-state index in [9.17, 15) is 9.59 Å². The summed E-state index contributed by atoms with van der Waals surface area (Å²) in [7, 11) is 0. The van der Waals surface area contributed by atoms with E-state index < -0.39 is 0 Å². The van der Waals surface area contributed by atoms with Crippen molar-refractivity contribution in [1.82, 2.24) is 9.13 Å². The molecule has 0 amide bonds. The zero-order valence-corrected chi connectivity index (χ0v) is 11.3. The summed E-state index contributed by atoms with van der Waals surface area (Å²) in [4.78, 5) is 24.0. The van der Waals surface area contributed by atoms with Crippen molar-refractivity contribution in [2.24, 2.45) is 0 Å². The minimum absolute atomic E-state index is 0.0450. The Kier molecular flexibility index (Phi) is 4.00. The first kappa shape index (κ1) is 13.3. The van der Waals surface area contributed by atoms with Crippen LogP contribution in [-0.2, 0) is 13.1 Å². The summed E-state index contributed by atoms with van der Waals surface area (Å²) in [6.45, 7) is 4.77. The zero-order chi connectivity index (χ0) is 13.8. The van der Waals surface area contributed by atoms with Gasteiger partial charge in [0.2, 0.25) is 0 Å². The predicted molar refractivity (Wildman–Crippen MR) is 74.5 cm³/mol. The van der Waals surface area contributed by atoms with Gasteiger partial charge in [0.15, 0.2) is 5.78 Å². The molecule has 0 N–H and O–H groups in total. The highest BCUT2D eigenvalue weighted by atomic mass is 16.2. The molecule has 4 nitrogen and oxygen atoms in total. The number of Topliss-reactive ketones (excluding diaryl/α,β-unsaturated/α-hetero) is 1. The number of carbonyl (C=O) groups excluding carboxylic acids is 1. The average Bonchev–Trinajstić information content (AvgIpc) is 2.73. The van der Waals surface area contributed by atoms with Crippen molar-refractivity contribution >= 4 is 5.78 Å². The lowest BCUT2D eigenvalue weighted by Gasteiger charge is -2.02. The summed E-state index contributed by atoms with van der Waals surface area (Å²) in [5, 5.41) is 0. The van der Waals surface area contributed by atoms with E-state index in [4.69, 9.17) is 0 Å². The van der Waals surface area contributed by atoms with Crippen LogP contribution < -0.4 is 5.69 Å². The molecule has 0 atom stereocenters. The Balaban J connectivity index is 2.15.